The van der Waals surface area contributed by atoms with Crippen molar-refractivity contribution >= 4 is 27.5 Å². The van der Waals surface area contributed by atoms with Gasteiger partial charge in [0, 0.05) is 9.50 Å². The van der Waals surface area contributed by atoms with Crippen molar-refractivity contribution in [2.75, 3.05) is 0 Å². The maximum atomic E-state index is 10.3. The zero-order valence-corrected chi connectivity index (χ0v) is 11.7. The zero-order chi connectivity index (χ0) is 12.4. The third-order valence-corrected chi connectivity index (χ3v) is 3.73. The highest BCUT2D eigenvalue weighted by Crippen LogP contribution is 2.29. The van der Waals surface area contributed by atoms with E-state index in [1.807, 2.05) is 49.4 Å². The molecule has 0 bridgehead atoms. The molecule has 0 aromatic heterocycles. The van der Waals surface area contributed by atoms with Gasteiger partial charge < -0.3 is 5.11 Å². The van der Waals surface area contributed by atoms with Crippen LogP contribution in [-0.4, -0.2) is 5.11 Å². The van der Waals surface area contributed by atoms with Crippen molar-refractivity contribution < 1.29 is 5.11 Å². The minimum atomic E-state index is -0.637. The maximum absolute atomic E-state index is 10.3. The lowest BCUT2D eigenvalue weighted by Gasteiger charge is -2.15. The van der Waals surface area contributed by atoms with E-state index in [4.69, 9.17) is 11.6 Å². The van der Waals surface area contributed by atoms with Crippen LogP contribution in [0.5, 0.6) is 0 Å². The van der Waals surface area contributed by atoms with Gasteiger partial charge in [0.25, 0.3) is 0 Å². The van der Waals surface area contributed by atoms with E-state index in [1.165, 1.54) is 0 Å². The Morgan fingerprint density at radius 3 is 2.41 bits per heavy atom. The van der Waals surface area contributed by atoms with E-state index in [9.17, 15) is 5.11 Å². The summed E-state index contributed by atoms with van der Waals surface area (Å²) in [5.74, 6) is 0. The third kappa shape index (κ3) is 2.71. The standard InChI is InChI=1S/C14H12BrClO/c1-9-12(3-2-4-13(9)16)14(17)10-5-7-11(15)8-6-10/h2-8,14,17H,1H3/t14-/m0/s1. The van der Waals surface area contributed by atoms with E-state index in [0.29, 0.717) is 5.02 Å². The average Bonchev–Trinajstić information content (AvgIpc) is 2.33. The molecule has 0 heterocycles. The largest absolute Gasteiger partial charge is 0.384 e. The fourth-order valence-corrected chi connectivity index (χ4v) is 2.19. The Kier molecular flexibility index (Phi) is 3.87. The van der Waals surface area contributed by atoms with E-state index in [2.05, 4.69) is 15.9 Å². The van der Waals surface area contributed by atoms with Gasteiger partial charge in [0.15, 0.2) is 0 Å². The van der Waals surface area contributed by atoms with Crippen LogP contribution < -0.4 is 0 Å². The van der Waals surface area contributed by atoms with E-state index in [0.717, 1.165) is 21.2 Å². The van der Waals surface area contributed by atoms with Crippen molar-refractivity contribution in [3.63, 3.8) is 0 Å². The number of rotatable bonds is 2. The molecule has 0 amide bonds. The van der Waals surface area contributed by atoms with E-state index in [-0.39, 0.29) is 0 Å². The summed E-state index contributed by atoms with van der Waals surface area (Å²) in [6, 6.07) is 13.2. The minimum absolute atomic E-state index is 0.637. The molecular formula is C14H12BrClO. The zero-order valence-electron chi connectivity index (χ0n) is 9.32. The van der Waals surface area contributed by atoms with Gasteiger partial charge in [0.05, 0.1) is 0 Å². The van der Waals surface area contributed by atoms with Gasteiger partial charge in [-0.3, -0.25) is 0 Å². The Labute approximate surface area is 114 Å². The molecule has 0 unspecified atom stereocenters. The monoisotopic (exact) mass is 310 g/mol. The molecular weight excluding hydrogens is 300 g/mol. The summed E-state index contributed by atoms with van der Waals surface area (Å²) in [6.45, 7) is 1.92. The lowest BCUT2D eigenvalue weighted by atomic mass is 9.98. The van der Waals surface area contributed by atoms with Gasteiger partial charge in [0.1, 0.15) is 6.10 Å². The molecule has 0 saturated carbocycles. The normalized spacial score (nSPS) is 12.5. The van der Waals surface area contributed by atoms with Crippen LogP contribution in [-0.2, 0) is 0 Å². The molecule has 88 valence electrons. The SMILES string of the molecule is Cc1c(Cl)cccc1[C@@H](O)c1ccc(Br)cc1. The number of benzene rings is 2. The molecule has 2 aromatic rings. The number of aliphatic hydroxyl groups is 1. The highest BCUT2D eigenvalue weighted by atomic mass is 79.9. The average molecular weight is 312 g/mol. The molecule has 2 aromatic carbocycles. The fourth-order valence-electron chi connectivity index (χ4n) is 1.75. The molecule has 1 nitrogen and oxygen atoms in total. The quantitative estimate of drug-likeness (QED) is 0.866. The van der Waals surface area contributed by atoms with E-state index >= 15 is 0 Å². The molecule has 0 aliphatic carbocycles. The summed E-state index contributed by atoms with van der Waals surface area (Å²) in [7, 11) is 0. The van der Waals surface area contributed by atoms with E-state index in [1.54, 1.807) is 0 Å². The Hall–Kier alpha value is -0.830. The number of halogens is 2. The van der Waals surface area contributed by atoms with Crippen LogP contribution in [0.4, 0.5) is 0 Å². The third-order valence-electron chi connectivity index (χ3n) is 2.79. The number of hydrogen-bond acceptors (Lipinski definition) is 1. The van der Waals surface area contributed by atoms with Crippen molar-refractivity contribution in [1.82, 2.24) is 0 Å². The van der Waals surface area contributed by atoms with Crippen LogP contribution in [0.15, 0.2) is 46.9 Å². The van der Waals surface area contributed by atoms with Gasteiger partial charge in [-0.05, 0) is 41.8 Å². The molecule has 0 aliphatic heterocycles. The van der Waals surface area contributed by atoms with Gasteiger partial charge in [0.2, 0.25) is 0 Å². The van der Waals surface area contributed by atoms with Crippen molar-refractivity contribution in [3.05, 3.63) is 68.7 Å². The van der Waals surface area contributed by atoms with E-state index < -0.39 is 6.10 Å². The highest BCUT2D eigenvalue weighted by molar-refractivity contribution is 9.10. The van der Waals surface area contributed by atoms with Gasteiger partial charge >= 0.3 is 0 Å². The van der Waals surface area contributed by atoms with Gasteiger partial charge in [-0.25, -0.2) is 0 Å². The maximum Gasteiger partial charge on any atom is 0.104 e. The molecule has 0 aliphatic rings. The Bertz CT molecular complexity index is 522. The number of hydrogen-bond donors (Lipinski definition) is 1. The van der Waals surface area contributed by atoms with Crippen LogP contribution in [0.25, 0.3) is 0 Å². The van der Waals surface area contributed by atoms with Crippen LogP contribution in [0, 0.1) is 6.92 Å². The first-order chi connectivity index (χ1) is 8.09. The second-order valence-electron chi connectivity index (χ2n) is 3.91. The number of aliphatic hydroxyl groups excluding tert-OH is 1. The van der Waals surface area contributed by atoms with Crippen LogP contribution in [0.1, 0.15) is 22.8 Å². The molecule has 0 fully saturated rings. The highest BCUT2D eigenvalue weighted by Gasteiger charge is 2.13. The topological polar surface area (TPSA) is 20.2 Å². The molecule has 3 heteroatoms. The lowest BCUT2D eigenvalue weighted by Crippen LogP contribution is -2.02. The van der Waals surface area contributed by atoms with Crippen molar-refractivity contribution in [3.8, 4) is 0 Å². The molecule has 17 heavy (non-hydrogen) atoms. The van der Waals surface area contributed by atoms with Gasteiger partial charge in [-0.2, -0.15) is 0 Å². The van der Waals surface area contributed by atoms with Gasteiger partial charge in [-0.15, -0.1) is 0 Å². The van der Waals surface area contributed by atoms with Crippen molar-refractivity contribution in [1.29, 1.82) is 0 Å². The summed E-state index contributed by atoms with van der Waals surface area (Å²) >= 11 is 9.43. The van der Waals surface area contributed by atoms with Crippen LogP contribution in [0.2, 0.25) is 5.02 Å². The summed E-state index contributed by atoms with van der Waals surface area (Å²) in [5.41, 5.74) is 2.63. The Balaban J connectivity index is 2.40. The molecule has 2 rings (SSSR count). The van der Waals surface area contributed by atoms with Gasteiger partial charge in [-0.1, -0.05) is 51.8 Å². The summed E-state index contributed by atoms with van der Waals surface area (Å²) in [6.07, 6.45) is -0.637. The minimum Gasteiger partial charge on any atom is -0.384 e. The summed E-state index contributed by atoms with van der Waals surface area (Å²) in [5, 5.41) is 11.0. The first kappa shape index (κ1) is 12.6. The predicted octanol–water partition coefficient (Wildman–Crippen LogP) is 4.49. The molecule has 0 saturated heterocycles. The molecule has 1 atom stereocenters. The van der Waals surface area contributed by atoms with Crippen molar-refractivity contribution in [2.24, 2.45) is 0 Å². The lowest BCUT2D eigenvalue weighted by molar-refractivity contribution is 0.219. The first-order valence-corrected chi connectivity index (χ1v) is 6.45. The Morgan fingerprint density at radius 2 is 1.76 bits per heavy atom. The predicted molar refractivity (Wildman–Crippen MR) is 74.4 cm³/mol. The molecule has 1 N–H and O–H groups in total. The summed E-state index contributed by atoms with van der Waals surface area (Å²) < 4.78 is 0.997. The van der Waals surface area contributed by atoms with Crippen LogP contribution >= 0.6 is 27.5 Å². The first-order valence-electron chi connectivity index (χ1n) is 5.28. The van der Waals surface area contributed by atoms with Crippen LogP contribution in [0.3, 0.4) is 0 Å². The van der Waals surface area contributed by atoms with Crippen molar-refractivity contribution in [2.45, 2.75) is 13.0 Å². The fraction of sp³-hybridized carbons (Fsp3) is 0.143. The smallest absolute Gasteiger partial charge is 0.104 e. The molecule has 0 radical (unpaired) electrons. The second kappa shape index (κ2) is 5.21. The second-order valence-corrected chi connectivity index (χ2v) is 5.23. The molecule has 0 spiro atoms. The Morgan fingerprint density at radius 1 is 1.12 bits per heavy atom. The summed E-state index contributed by atoms with van der Waals surface area (Å²) in [4.78, 5) is 0.